The van der Waals surface area contributed by atoms with E-state index in [4.69, 9.17) is 4.74 Å². The Morgan fingerprint density at radius 2 is 1.92 bits per heavy atom. The average Bonchev–Trinajstić information content (AvgIpc) is 3.11. The van der Waals surface area contributed by atoms with Gasteiger partial charge in [0.25, 0.3) is 0 Å². The van der Waals surface area contributed by atoms with E-state index in [-0.39, 0.29) is 11.7 Å². The average molecular weight is 376 g/mol. The standard InChI is InChI=1S/C20H25FN2O2S/c1-2-25-14-9-20(24)23-12-10-22(11-13-23)15-16-7-8-19(26-16)17-5-3-4-6-18(17)21/h3-8H,2,9-15H2,1H3. The number of hydrogen-bond acceptors (Lipinski definition) is 4. The largest absolute Gasteiger partial charge is 0.381 e. The molecule has 1 aliphatic heterocycles. The third-order valence-corrected chi connectivity index (χ3v) is 5.67. The lowest BCUT2D eigenvalue weighted by Crippen LogP contribution is -2.48. The van der Waals surface area contributed by atoms with E-state index < -0.39 is 0 Å². The molecular weight excluding hydrogens is 351 g/mol. The fourth-order valence-electron chi connectivity index (χ4n) is 3.11. The Morgan fingerprint density at radius 1 is 1.15 bits per heavy atom. The minimum absolute atomic E-state index is 0.177. The number of benzene rings is 1. The van der Waals surface area contributed by atoms with E-state index in [1.807, 2.05) is 30.0 Å². The molecule has 1 aliphatic rings. The molecule has 0 unspecified atom stereocenters. The minimum Gasteiger partial charge on any atom is -0.381 e. The van der Waals surface area contributed by atoms with Crippen molar-refractivity contribution in [2.45, 2.75) is 19.9 Å². The van der Waals surface area contributed by atoms with Gasteiger partial charge in [-0.15, -0.1) is 11.3 Å². The smallest absolute Gasteiger partial charge is 0.224 e. The topological polar surface area (TPSA) is 32.8 Å². The van der Waals surface area contributed by atoms with E-state index >= 15 is 0 Å². The second kappa shape index (κ2) is 9.26. The van der Waals surface area contributed by atoms with Crippen LogP contribution in [0, 0.1) is 5.82 Å². The van der Waals surface area contributed by atoms with Crippen molar-refractivity contribution in [3.8, 4) is 10.4 Å². The highest BCUT2D eigenvalue weighted by Crippen LogP contribution is 2.30. The molecule has 1 saturated heterocycles. The highest BCUT2D eigenvalue weighted by Gasteiger charge is 2.21. The lowest BCUT2D eigenvalue weighted by molar-refractivity contribution is -0.134. The molecule has 26 heavy (non-hydrogen) atoms. The summed E-state index contributed by atoms with van der Waals surface area (Å²) in [5.74, 6) is -0.00357. The van der Waals surface area contributed by atoms with Gasteiger partial charge in [-0.2, -0.15) is 0 Å². The molecule has 0 atom stereocenters. The number of nitrogens with zero attached hydrogens (tertiary/aromatic N) is 2. The number of halogens is 1. The number of ether oxygens (including phenoxy) is 1. The Hall–Kier alpha value is -1.76. The summed E-state index contributed by atoms with van der Waals surface area (Å²) in [4.78, 5) is 18.6. The zero-order valence-corrected chi connectivity index (χ0v) is 15.9. The first kappa shape index (κ1) is 19.0. The van der Waals surface area contributed by atoms with Crippen LogP contribution in [0.25, 0.3) is 10.4 Å². The molecule has 1 fully saturated rings. The molecule has 1 aromatic carbocycles. The number of rotatable bonds is 7. The molecule has 0 spiro atoms. The van der Waals surface area contributed by atoms with Crippen molar-refractivity contribution in [2.75, 3.05) is 39.4 Å². The summed E-state index contributed by atoms with van der Waals surface area (Å²) in [5.41, 5.74) is 0.661. The molecule has 0 radical (unpaired) electrons. The van der Waals surface area contributed by atoms with Gasteiger partial charge < -0.3 is 9.64 Å². The number of carbonyl (C=O) groups is 1. The maximum atomic E-state index is 13.9. The number of hydrogen-bond donors (Lipinski definition) is 0. The molecule has 1 amide bonds. The van der Waals surface area contributed by atoms with Crippen LogP contribution < -0.4 is 0 Å². The number of piperazine rings is 1. The van der Waals surface area contributed by atoms with Gasteiger partial charge in [0.1, 0.15) is 5.82 Å². The highest BCUT2D eigenvalue weighted by molar-refractivity contribution is 7.15. The van der Waals surface area contributed by atoms with Crippen molar-refractivity contribution in [3.63, 3.8) is 0 Å². The summed E-state index contributed by atoms with van der Waals surface area (Å²) in [6, 6.07) is 11.0. The van der Waals surface area contributed by atoms with Crippen molar-refractivity contribution < 1.29 is 13.9 Å². The van der Waals surface area contributed by atoms with E-state index in [2.05, 4.69) is 11.0 Å². The maximum Gasteiger partial charge on any atom is 0.224 e. The Kier molecular flexibility index (Phi) is 6.77. The van der Waals surface area contributed by atoms with E-state index in [0.717, 1.165) is 37.6 Å². The molecular formula is C20H25FN2O2S. The monoisotopic (exact) mass is 376 g/mol. The predicted molar refractivity (Wildman–Crippen MR) is 103 cm³/mol. The quantitative estimate of drug-likeness (QED) is 0.692. The molecule has 4 nitrogen and oxygen atoms in total. The second-order valence-corrected chi connectivity index (χ2v) is 7.52. The molecule has 0 aliphatic carbocycles. The summed E-state index contributed by atoms with van der Waals surface area (Å²) in [6.45, 7) is 7.19. The number of amides is 1. The summed E-state index contributed by atoms with van der Waals surface area (Å²) in [6.07, 6.45) is 0.463. The molecule has 0 N–H and O–H groups in total. The molecule has 2 aromatic rings. The van der Waals surface area contributed by atoms with Gasteiger partial charge in [0, 0.05) is 54.6 Å². The molecule has 3 rings (SSSR count). The van der Waals surface area contributed by atoms with Crippen molar-refractivity contribution >= 4 is 17.2 Å². The summed E-state index contributed by atoms with van der Waals surface area (Å²) < 4.78 is 19.2. The molecule has 1 aromatic heterocycles. The van der Waals surface area contributed by atoms with Gasteiger partial charge in [0.2, 0.25) is 5.91 Å². The molecule has 6 heteroatoms. The highest BCUT2D eigenvalue weighted by atomic mass is 32.1. The van der Waals surface area contributed by atoms with Crippen LogP contribution in [0.5, 0.6) is 0 Å². The molecule has 140 valence electrons. The minimum atomic E-state index is -0.180. The van der Waals surface area contributed by atoms with Crippen LogP contribution in [0.3, 0.4) is 0 Å². The van der Waals surface area contributed by atoms with Gasteiger partial charge in [-0.05, 0) is 25.1 Å². The fraction of sp³-hybridized carbons (Fsp3) is 0.450. The third-order valence-electron chi connectivity index (χ3n) is 4.57. The summed E-state index contributed by atoms with van der Waals surface area (Å²) in [7, 11) is 0. The second-order valence-electron chi connectivity index (χ2n) is 6.35. The first-order valence-electron chi connectivity index (χ1n) is 9.09. The fourth-order valence-corrected chi connectivity index (χ4v) is 4.18. The van der Waals surface area contributed by atoms with E-state index in [1.54, 1.807) is 17.4 Å². The van der Waals surface area contributed by atoms with Crippen LogP contribution in [0.2, 0.25) is 0 Å². The number of carbonyl (C=O) groups excluding carboxylic acids is 1. The van der Waals surface area contributed by atoms with Gasteiger partial charge in [0.15, 0.2) is 0 Å². The van der Waals surface area contributed by atoms with Crippen molar-refractivity contribution in [2.24, 2.45) is 0 Å². The van der Waals surface area contributed by atoms with Crippen LogP contribution in [0.1, 0.15) is 18.2 Å². The summed E-state index contributed by atoms with van der Waals surface area (Å²) in [5, 5.41) is 0. The molecule has 0 saturated carbocycles. The first-order chi connectivity index (χ1) is 12.7. The third kappa shape index (κ3) is 4.90. The van der Waals surface area contributed by atoms with Crippen molar-refractivity contribution in [3.05, 3.63) is 47.1 Å². The van der Waals surface area contributed by atoms with Crippen LogP contribution in [-0.2, 0) is 16.1 Å². The zero-order chi connectivity index (χ0) is 18.4. The Morgan fingerprint density at radius 3 is 2.65 bits per heavy atom. The Balaban J connectivity index is 1.49. The van der Waals surface area contributed by atoms with E-state index in [1.165, 1.54) is 10.9 Å². The van der Waals surface area contributed by atoms with Gasteiger partial charge in [0.05, 0.1) is 13.0 Å². The zero-order valence-electron chi connectivity index (χ0n) is 15.1. The van der Waals surface area contributed by atoms with E-state index in [0.29, 0.717) is 25.2 Å². The lowest BCUT2D eigenvalue weighted by atomic mass is 10.2. The predicted octanol–water partition coefficient (Wildman–Crippen LogP) is 3.63. The Bertz CT molecular complexity index is 726. The molecule has 0 bridgehead atoms. The van der Waals surface area contributed by atoms with Crippen LogP contribution >= 0.6 is 11.3 Å². The van der Waals surface area contributed by atoms with Crippen LogP contribution in [0.4, 0.5) is 4.39 Å². The summed E-state index contributed by atoms with van der Waals surface area (Å²) >= 11 is 1.64. The first-order valence-corrected chi connectivity index (χ1v) is 9.90. The lowest BCUT2D eigenvalue weighted by Gasteiger charge is -2.34. The Labute approximate surface area is 158 Å². The van der Waals surface area contributed by atoms with Crippen molar-refractivity contribution in [1.82, 2.24) is 9.80 Å². The van der Waals surface area contributed by atoms with Crippen LogP contribution in [-0.4, -0.2) is 55.1 Å². The van der Waals surface area contributed by atoms with Crippen LogP contribution in [0.15, 0.2) is 36.4 Å². The van der Waals surface area contributed by atoms with Gasteiger partial charge in [-0.1, -0.05) is 18.2 Å². The van der Waals surface area contributed by atoms with Gasteiger partial charge >= 0.3 is 0 Å². The maximum absolute atomic E-state index is 13.9. The SMILES string of the molecule is CCOCCC(=O)N1CCN(Cc2ccc(-c3ccccc3F)s2)CC1. The van der Waals surface area contributed by atoms with Gasteiger partial charge in [-0.25, -0.2) is 4.39 Å². The molecule has 2 heterocycles. The van der Waals surface area contributed by atoms with Crippen molar-refractivity contribution in [1.29, 1.82) is 0 Å². The number of thiophene rings is 1. The van der Waals surface area contributed by atoms with Gasteiger partial charge in [-0.3, -0.25) is 9.69 Å². The van der Waals surface area contributed by atoms with E-state index in [9.17, 15) is 9.18 Å². The normalized spacial score (nSPS) is 15.4.